The van der Waals surface area contributed by atoms with Gasteiger partial charge in [0.25, 0.3) is 0 Å². The zero-order valence-corrected chi connectivity index (χ0v) is 20.0. The highest BCUT2D eigenvalue weighted by atomic mass is 19.1. The molecule has 2 aliphatic rings. The van der Waals surface area contributed by atoms with Crippen LogP contribution in [0.3, 0.4) is 0 Å². The van der Waals surface area contributed by atoms with Gasteiger partial charge in [0.1, 0.15) is 30.9 Å². The first-order valence-corrected chi connectivity index (χ1v) is 12.3. The number of hydrogen-bond acceptors (Lipinski definition) is 6. The van der Waals surface area contributed by atoms with Crippen LogP contribution in [0.1, 0.15) is 50.7 Å². The molecule has 0 saturated heterocycles. The molecule has 1 saturated carbocycles. The van der Waals surface area contributed by atoms with Crippen molar-refractivity contribution in [1.29, 1.82) is 0 Å². The number of ether oxygens (including phenoxy) is 3. The second-order valence-corrected chi connectivity index (χ2v) is 8.93. The van der Waals surface area contributed by atoms with Crippen LogP contribution in [0.15, 0.2) is 47.5 Å². The largest absolute Gasteiger partial charge is 0.493 e. The van der Waals surface area contributed by atoms with Crippen molar-refractivity contribution in [3.63, 3.8) is 0 Å². The molecule has 1 amide bonds. The van der Waals surface area contributed by atoms with E-state index in [2.05, 4.69) is 12.2 Å². The average molecular weight is 485 g/mol. The number of aliphatic hydroxyl groups is 1. The second kappa shape index (κ2) is 12.0. The first-order chi connectivity index (χ1) is 17.0. The topological polar surface area (TPSA) is 89.4 Å². The van der Waals surface area contributed by atoms with Gasteiger partial charge in [0.05, 0.1) is 25.6 Å². The number of benzene rings is 2. The molecule has 8 heteroatoms. The standard InChI is InChI=1S/C27H33FN2O5/c1-2-3-18-4-10-22(18)29-17-23(27(32)19-5-11-24-25(16-19)35-15-14-34-24)30-26(31)12-13-33-21-8-6-20(28)7-9-21/h5-9,11,16,18,23,27,32H,2-4,10,12-15,17H2,1H3,(H,30,31)/t18?,23-,27-/m1/s1. The number of carbonyl (C=O) groups is 1. The van der Waals surface area contributed by atoms with E-state index >= 15 is 0 Å². The Labute approximate surface area is 205 Å². The van der Waals surface area contributed by atoms with E-state index in [0.29, 0.717) is 41.9 Å². The second-order valence-electron chi connectivity index (χ2n) is 8.93. The number of halogens is 1. The van der Waals surface area contributed by atoms with Crippen molar-refractivity contribution in [2.45, 2.75) is 51.2 Å². The lowest BCUT2D eigenvalue weighted by Crippen LogP contribution is -2.42. The quantitative estimate of drug-likeness (QED) is 0.498. The van der Waals surface area contributed by atoms with Gasteiger partial charge in [0.2, 0.25) is 5.91 Å². The predicted octanol–water partition coefficient (Wildman–Crippen LogP) is 4.24. The molecule has 3 atom stereocenters. The van der Waals surface area contributed by atoms with Crippen LogP contribution < -0.4 is 19.5 Å². The van der Waals surface area contributed by atoms with Crippen LogP contribution in [0.5, 0.6) is 17.2 Å². The van der Waals surface area contributed by atoms with Gasteiger partial charge in [-0.1, -0.05) is 19.4 Å². The van der Waals surface area contributed by atoms with Crippen molar-refractivity contribution in [1.82, 2.24) is 5.32 Å². The van der Waals surface area contributed by atoms with Crippen LogP contribution in [0, 0.1) is 11.7 Å². The van der Waals surface area contributed by atoms with E-state index in [-0.39, 0.29) is 31.3 Å². The first kappa shape index (κ1) is 25.0. The highest BCUT2D eigenvalue weighted by molar-refractivity contribution is 5.91. The summed E-state index contributed by atoms with van der Waals surface area (Å²) in [4.78, 5) is 17.5. The Morgan fingerprint density at radius 3 is 2.69 bits per heavy atom. The van der Waals surface area contributed by atoms with Crippen LogP contribution in [-0.2, 0) is 4.79 Å². The van der Waals surface area contributed by atoms with E-state index in [9.17, 15) is 14.3 Å². The molecule has 0 bridgehead atoms. The maximum Gasteiger partial charge on any atom is 0.223 e. The number of carbonyl (C=O) groups excluding carboxylic acids is 1. The fourth-order valence-electron chi connectivity index (χ4n) is 4.33. The molecule has 1 unspecified atom stereocenters. The molecule has 1 aliphatic carbocycles. The summed E-state index contributed by atoms with van der Waals surface area (Å²) in [6.07, 6.45) is 3.46. The maximum absolute atomic E-state index is 13.0. The van der Waals surface area contributed by atoms with E-state index in [1.807, 2.05) is 0 Å². The third-order valence-corrected chi connectivity index (χ3v) is 6.40. The lowest BCUT2D eigenvalue weighted by Gasteiger charge is -2.30. The minimum absolute atomic E-state index is 0.0940. The van der Waals surface area contributed by atoms with Gasteiger partial charge < -0.3 is 24.6 Å². The van der Waals surface area contributed by atoms with Crippen molar-refractivity contribution in [2.24, 2.45) is 10.9 Å². The maximum atomic E-state index is 13.0. The lowest BCUT2D eigenvalue weighted by atomic mass is 9.80. The zero-order valence-electron chi connectivity index (χ0n) is 20.0. The Kier molecular flexibility index (Phi) is 8.58. The summed E-state index contributed by atoms with van der Waals surface area (Å²) in [6, 6.07) is 10.4. The molecule has 2 aromatic carbocycles. The van der Waals surface area contributed by atoms with Crippen molar-refractivity contribution >= 4 is 11.6 Å². The monoisotopic (exact) mass is 484 g/mol. The number of amides is 1. The Morgan fingerprint density at radius 1 is 1.20 bits per heavy atom. The molecule has 1 heterocycles. The van der Waals surface area contributed by atoms with Crippen molar-refractivity contribution in [3.05, 3.63) is 53.8 Å². The number of nitrogens with one attached hydrogen (secondary N) is 1. The van der Waals surface area contributed by atoms with Gasteiger partial charge in [-0.3, -0.25) is 9.79 Å². The Bertz CT molecular complexity index is 1030. The molecule has 1 fully saturated rings. The van der Waals surface area contributed by atoms with Crippen molar-refractivity contribution < 1.29 is 28.5 Å². The summed E-state index contributed by atoms with van der Waals surface area (Å²) < 4.78 is 29.8. The average Bonchev–Trinajstić information content (AvgIpc) is 2.86. The summed E-state index contributed by atoms with van der Waals surface area (Å²) in [5, 5.41) is 14.1. The summed E-state index contributed by atoms with van der Waals surface area (Å²) >= 11 is 0. The van der Waals surface area contributed by atoms with E-state index in [1.54, 1.807) is 18.2 Å². The molecule has 0 aromatic heterocycles. The lowest BCUT2D eigenvalue weighted by molar-refractivity contribution is -0.123. The predicted molar refractivity (Wildman–Crippen MR) is 131 cm³/mol. The summed E-state index contributed by atoms with van der Waals surface area (Å²) in [7, 11) is 0. The van der Waals surface area contributed by atoms with Gasteiger partial charge in [0.15, 0.2) is 11.5 Å². The van der Waals surface area contributed by atoms with Crippen LogP contribution >= 0.6 is 0 Å². The Hall–Kier alpha value is -3.13. The summed E-state index contributed by atoms with van der Waals surface area (Å²) in [5.74, 6) is 1.62. The third-order valence-electron chi connectivity index (χ3n) is 6.40. The molecular formula is C27H33FN2O5. The first-order valence-electron chi connectivity index (χ1n) is 12.3. The molecule has 35 heavy (non-hydrogen) atoms. The fraction of sp³-hybridized carbons (Fsp3) is 0.481. The minimum atomic E-state index is -0.971. The highest BCUT2D eigenvalue weighted by Gasteiger charge is 2.28. The van der Waals surface area contributed by atoms with Gasteiger partial charge in [0, 0.05) is 5.71 Å². The molecule has 2 aromatic rings. The number of aliphatic hydroxyl groups excluding tert-OH is 1. The molecule has 0 radical (unpaired) electrons. The van der Waals surface area contributed by atoms with E-state index in [4.69, 9.17) is 19.2 Å². The van der Waals surface area contributed by atoms with Gasteiger partial charge in [-0.05, 0) is 67.1 Å². The van der Waals surface area contributed by atoms with Crippen molar-refractivity contribution in [3.8, 4) is 17.2 Å². The van der Waals surface area contributed by atoms with Gasteiger partial charge >= 0.3 is 0 Å². The molecule has 4 rings (SSSR count). The molecule has 2 N–H and O–H groups in total. The Morgan fingerprint density at radius 2 is 1.97 bits per heavy atom. The minimum Gasteiger partial charge on any atom is -0.493 e. The molecule has 0 spiro atoms. The van der Waals surface area contributed by atoms with Crippen LogP contribution in [-0.4, -0.2) is 49.1 Å². The van der Waals surface area contributed by atoms with Gasteiger partial charge in [-0.2, -0.15) is 0 Å². The van der Waals surface area contributed by atoms with Gasteiger partial charge in [-0.25, -0.2) is 4.39 Å². The summed E-state index contributed by atoms with van der Waals surface area (Å²) in [6.45, 7) is 3.53. The van der Waals surface area contributed by atoms with E-state index in [1.165, 1.54) is 30.0 Å². The number of fused-ring (bicyclic) bond motifs is 1. The van der Waals surface area contributed by atoms with E-state index < -0.39 is 12.1 Å². The molecule has 1 aliphatic heterocycles. The summed E-state index contributed by atoms with van der Waals surface area (Å²) in [5.41, 5.74) is 1.79. The zero-order chi connectivity index (χ0) is 24.6. The van der Waals surface area contributed by atoms with Crippen LogP contribution in [0.4, 0.5) is 4.39 Å². The normalized spacial score (nSPS) is 19.5. The smallest absolute Gasteiger partial charge is 0.223 e. The van der Waals surface area contributed by atoms with E-state index in [0.717, 1.165) is 25.7 Å². The number of hydrogen-bond donors (Lipinski definition) is 2. The third kappa shape index (κ3) is 6.72. The van der Waals surface area contributed by atoms with Crippen molar-refractivity contribution in [2.75, 3.05) is 26.4 Å². The Balaban J connectivity index is 1.40. The molecule has 188 valence electrons. The number of nitrogens with zero attached hydrogens (tertiary/aromatic N) is 1. The van der Waals surface area contributed by atoms with Crippen LogP contribution in [0.25, 0.3) is 0 Å². The highest BCUT2D eigenvalue weighted by Crippen LogP contribution is 2.34. The fourth-order valence-corrected chi connectivity index (χ4v) is 4.33. The number of rotatable bonds is 11. The SMILES string of the molecule is CCCC1CCC1=NC[C@@H](NC(=O)CCOc1ccc(F)cc1)[C@H](O)c1ccc2c(c1)OCCO2. The van der Waals surface area contributed by atoms with Crippen LogP contribution in [0.2, 0.25) is 0 Å². The van der Waals surface area contributed by atoms with Gasteiger partial charge in [-0.15, -0.1) is 0 Å². The molecule has 7 nitrogen and oxygen atoms in total. The number of aliphatic imine (C=N–C) groups is 1. The molecular weight excluding hydrogens is 451 g/mol.